The normalized spacial score (nSPS) is 26.7. The van der Waals surface area contributed by atoms with Gasteiger partial charge >= 0.3 is 5.97 Å². The molecule has 1 saturated carbocycles. The Hall–Kier alpha value is -0.660. The molecule has 3 N–H and O–H groups in total. The third-order valence-electron chi connectivity index (χ3n) is 2.54. The third-order valence-corrected chi connectivity index (χ3v) is 3.83. The zero-order valence-electron chi connectivity index (χ0n) is 8.22. The average Bonchev–Trinajstić information content (AvgIpc) is 2.48. The molecular formula is C8H15NO5S. The molecule has 15 heavy (non-hydrogen) atoms. The van der Waals surface area contributed by atoms with Crippen molar-refractivity contribution in [3.05, 3.63) is 0 Å². The van der Waals surface area contributed by atoms with Crippen molar-refractivity contribution < 1.29 is 23.4 Å². The molecule has 0 radical (unpaired) electrons. The molecule has 0 amide bonds. The molecule has 1 aliphatic rings. The minimum Gasteiger partial charge on any atom is -0.480 e. The average molecular weight is 237 g/mol. The molecule has 0 aromatic carbocycles. The van der Waals surface area contributed by atoms with Crippen LogP contribution in [0.5, 0.6) is 0 Å². The first-order chi connectivity index (χ1) is 6.94. The monoisotopic (exact) mass is 237 g/mol. The molecular weight excluding hydrogens is 222 g/mol. The summed E-state index contributed by atoms with van der Waals surface area (Å²) in [5.74, 6) is -2.38. The number of carboxylic acids is 1. The first kappa shape index (κ1) is 12.4. The van der Waals surface area contributed by atoms with Crippen LogP contribution in [0.4, 0.5) is 0 Å². The smallest absolute Gasteiger partial charge is 0.320 e. The van der Waals surface area contributed by atoms with Gasteiger partial charge in [-0.15, -0.1) is 0 Å². The lowest BCUT2D eigenvalue weighted by Gasteiger charge is -2.18. The zero-order valence-corrected chi connectivity index (χ0v) is 9.03. The Morgan fingerprint density at radius 3 is 2.60 bits per heavy atom. The second-order valence-corrected chi connectivity index (χ2v) is 5.50. The number of rotatable bonds is 5. The van der Waals surface area contributed by atoms with Gasteiger partial charge in [-0.25, -0.2) is 13.1 Å². The number of aliphatic hydroxyl groups is 1. The molecule has 1 fully saturated rings. The van der Waals surface area contributed by atoms with Gasteiger partial charge in [0.15, 0.2) is 5.75 Å². The van der Waals surface area contributed by atoms with Crippen LogP contribution in [0.15, 0.2) is 0 Å². The fourth-order valence-corrected chi connectivity index (χ4v) is 3.03. The SMILES string of the molecule is O=C(O)CS(=O)(=O)NC1CCCC1CO. The van der Waals surface area contributed by atoms with Crippen LogP contribution in [0.1, 0.15) is 19.3 Å². The molecule has 1 rings (SSSR count). The van der Waals surface area contributed by atoms with Crippen molar-refractivity contribution in [2.24, 2.45) is 5.92 Å². The molecule has 0 aromatic heterocycles. The van der Waals surface area contributed by atoms with Gasteiger partial charge in [-0.1, -0.05) is 6.42 Å². The molecule has 0 saturated heterocycles. The molecule has 6 nitrogen and oxygen atoms in total. The standard InChI is InChI=1S/C8H15NO5S/c10-4-6-2-1-3-7(6)9-15(13,14)5-8(11)12/h6-7,9-10H,1-5H2,(H,11,12). The molecule has 1 aliphatic carbocycles. The number of carbonyl (C=O) groups is 1. The second kappa shape index (κ2) is 4.91. The van der Waals surface area contributed by atoms with Crippen molar-refractivity contribution in [3.63, 3.8) is 0 Å². The van der Waals surface area contributed by atoms with E-state index < -0.39 is 21.7 Å². The first-order valence-electron chi connectivity index (χ1n) is 4.77. The van der Waals surface area contributed by atoms with Gasteiger partial charge in [0.1, 0.15) is 0 Å². The maximum absolute atomic E-state index is 11.3. The maximum atomic E-state index is 11.3. The van der Waals surface area contributed by atoms with Gasteiger partial charge in [0.2, 0.25) is 10.0 Å². The second-order valence-electron chi connectivity index (χ2n) is 3.75. The van der Waals surface area contributed by atoms with Crippen LogP contribution < -0.4 is 4.72 Å². The highest BCUT2D eigenvalue weighted by molar-refractivity contribution is 7.90. The fraction of sp³-hybridized carbons (Fsp3) is 0.875. The summed E-state index contributed by atoms with van der Waals surface area (Å²) in [6, 6.07) is -0.320. The predicted octanol–water partition coefficient (Wildman–Crippen LogP) is -0.849. The van der Waals surface area contributed by atoms with E-state index in [1.807, 2.05) is 0 Å². The number of aliphatic carboxylic acids is 1. The van der Waals surface area contributed by atoms with Crippen LogP contribution in [0.3, 0.4) is 0 Å². The molecule has 0 heterocycles. The van der Waals surface area contributed by atoms with Crippen LogP contribution in [0.2, 0.25) is 0 Å². The van der Waals surface area contributed by atoms with Crippen molar-refractivity contribution in [1.82, 2.24) is 4.72 Å². The fourth-order valence-electron chi connectivity index (χ4n) is 1.85. The van der Waals surface area contributed by atoms with Gasteiger partial charge in [0.25, 0.3) is 0 Å². The van der Waals surface area contributed by atoms with Crippen LogP contribution in [0, 0.1) is 5.92 Å². The van der Waals surface area contributed by atoms with Crippen LogP contribution in [0.25, 0.3) is 0 Å². The van der Waals surface area contributed by atoms with Gasteiger partial charge in [-0.05, 0) is 18.8 Å². The summed E-state index contributed by atoms with van der Waals surface area (Å²) in [6.07, 6.45) is 2.28. The molecule has 2 atom stereocenters. The van der Waals surface area contributed by atoms with Gasteiger partial charge < -0.3 is 10.2 Å². The van der Waals surface area contributed by atoms with Crippen molar-refractivity contribution in [2.45, 2.75) is 25.3 Å². The predicted molar refractivity (Wildman–Crippen MR) is 52.8 cm³/mol. The van der Waals surface area contributed by atoms with E-state index in [0.717, 1.165) is 12.8 Å². The number of hydrogen-bond acceptors (Lipinski definition) is 4. The Morgan fingerprint density at radius 2 is 2.07 bits per heavy atom. The first-order valence-corrected chi connectivity index (χ1v) is 6.42. The minimum absolute atomic E-state index is 0.0692. The van der Waals surface area contributed by atoms with Crippen LogP contribution in [-0.2, 0) is 14.8 Å². The summed E-state index contributed by atoms with van der Waals surface area (Å²) in [4.78, 5) is 10.3. The number of sulfonamides is 1. The largest absolute Gasteiger partial charge is 0.480 e. The summed E-state index contributed by atoms with van der Waals surface area (Å²) >= 11 is 0. The number of carboxylic acid groups (broad SMARTS) is 1. The van der Waals surface area contributed by atoms with Crippen molar-refractivity contribution in [2.75, 3.05) is 12.4 Å². The summed E-state index contributed by atoms with van der Waals surface area (Å²) in [7, 11) is -3.77. The van der Waals surface area contributed by atoms with Crippen molar-refractivity contribution >= 4 is 16.0 Å². The minimum atomic E-state index is -3.77. The number of hydrogen-bond donors (Lipinski definition) is 3. The van der Waals surface area contributed by atoms with Crippen LogP contribution >= 0.6 is 0 Å². The molecule has 0 spiro atoms. The van der Waals surface area contributed by atoms with Crippen LogP contribution in [-0.4, -0.2) is 43.0 Å². The highest BCUT2D eigenvalue weighted by Gasteiger charge is 2.30. The van der Waals surface area contributed by atoms with Gasteiger partial charge in [0.05, 0.1) is 0 Å². The van der Waals surface area contributed by atoms with E-state index in [2.05, 4.69) is 4.72 Å². The molecule has 2 unspecified atom stereocenters. The van der Waals surface area contributed by atoms with E-state index in [0.29, 0.717) is 6.42 Å². The van der Waals surface area contributed by atoms with Gasteiger partial charge in [0, 0.05) is 12.6 Å². The number of aliphatic hydroxyl groups excluding tert-OH is 1. The van der Waals surface area contributed by atoms with E-state index in [1.54, 1.807) is 0 Å². The lowest BCUT2D eigenvalue weighted by atomic mass is 10.1. The quantitative estimate of drug-likeness (QED) is 0.578. The lowest BCUT2D eigenvalue weighted by molar-refractivity contribution is -0.134. The Kier molecular flexibility index (Phi) is 4.06. The summed E-state index contributed by atoms with van der Waals surface area (Å²) in [5.41, 5.74) is 0. The maximum Gasteiger partial charge on any atom is 0.320 e. The molecule has 0 bridgehead atoms. The Bertz CT molecular complexity index is 326. The Morgan fingerprint density at radius 1 is 1.40 bits per heavy atom. The van der Waals surface area contributed by atoms with E-state index in [-0.39, 0.29) is 18.6 Å². The Labute approximate surface area is 88.3 Å². The number of nitrogens with one attached hydrogen (secondary N) is 1. The molecule has 0 aromatic rings. The highest BCUT2D eigenvalue weighted by Crippen LogP contribution is 2.25. The van der Waals surface area contributed by atoms with E-state index in [1.165, 1.54) is 0 Å². The summed E-state index contributed by atoms with van der Waals surface area (Å²) in [6.45, 7) is -0.0692. The van der Waals surface area contributed by atoms with Crippen molar-refractivity contribution in [3.8, 4) is 0 Å². The summed E-state index contributed by atoms with van der Waals surface area (Å²) < 4.78 is 24.9. The van der Waals surface area contributed by atoms with E-state index in [9.17, 15) is 13.2 Å². The highest BCUT2D eigenvalue weighted by atomic mass is 32.2. The lowest BCUT2D eigenvalue weighted by Crippen LogP contribution is -2.41. The summed E-state index contributed by atoms with van der Waals surface area (Å²) in [5, 5.41) is 17.3. The molecule has 7 heteroatoms. The Balaban J connectivity index is 2.57. The van der Waals surface area contributed by atoms with Gasteiger partial charge in [-0.3, -0.25) is 4.79 Å². The van der Waals surface area contributed by atoms with Crippen molar-refractivity contribution in [1.29, 1.82) is 0 Å². The zero-order chi connectivity index (χ0) is 11.5. The molecule has 0 aliphatic heterocycles. The van der Waals surface area contributed by atoms with Gasteiger partial charge in [-0.2, -0.15) is 0 Å². The van der Waals surface area contributed by atoms with E-state index in [4.69, 9.17) is 10.2 Å². The molecule has 88 valence electrons. The third kappa shape index (κ3) is 3.77. The topological polar surface area (TPSA) is 104 Å². The van der Waals surface area contributed by atoms with E-state index >= 15 is 0 Å².